The van der Waals surface area contributed by atoms with Crippen molar-refractivity contribution in [2.75, 3.05) is 25.4 Å². The minimum Gasteiger partial charge on any atom is -0.387 e. The molecule has 0 radical (unpaired) electrons. The van der Waals surface area contributed by atoms with Crippen LogP contribution < -0.4 is 0 Å². The average Bonchev–Trinajstić information content (AvgIpc) is 3.13. The number of hydrogen-bond donors (Lipinski definition) is 1. The van der Waals surface area contributed by atoms with Gasteiger partial charge in [-0.1, -0.05) is 0 Å². The molecule has 1 aromatic carbocycles. The van der Waals surface area contributed by atoms with Gasteiger partial charge in [0, 0.05) is 30.3 Å². The van der Waals surface area contributed by atoms with Crippen LogP contribution in [0.3, 0.4) is 0 Å². The molecule has 18 heavy (non-hydrogen) atoms. The Balaban J connectivity index is 1.37. The molecule has 0 unspecified atom stereocenters. The molecule has 4 heteroatoms. The fourth-order valence-corrected chi connectivity index (χ4v) is 3.50. The van der Waals surface area contributed by atoms with Gasteiger partial charge in [0.25, 0.3) is 0 Å². The number of thioether (sulfide) groups is 1. The van der Waals surface area contributed by atoms with Gasteiger partial charge in [-0.05, 0) is 43.0 Å². The highest BCUT2D eigenvalue weighted by Crippen LogP contribution is 2.44. The molecule has 1 saturated carbocycles. The number of halogens is 1. The minimum atomic E-state index is -0.374. The smallest absolute Gasteiger partial charge is 0.123 e. The molecule has 2 fully saturated rings. The van der Waals surface area contributed by atoms with Gasteiger partial charge in [0.15, 0.2) is 0 Å². The van der Waals surface area contributed by atoms with E-state index in [2.05, 4.69) is 4.90 Å². The molecule has 0 amide bonds. The predicted molar refractivity (Wildman–Crippen MR) is 71.2 cm³/mol. The summed E-state index contributed by atoms with van der Waals surface area (Å²) in [7, 11) is 0. The number of benzene rings is 1. The van der Waals surface area contributed by atoms with Gasteiger partial charge < -0.3 is 5.11 Å². The van der Waals surface area contributed by atoms with Gasteiger partial charge in [-0.2, -0.15) is 0 Å². The monoisotopic (exact) mass is 267 g/mol. The van der Waals surface area contributed by atoms with E-state index in [0.29, 0.717) is 5.92 Å². The zero-order valence-electron chi connectivity index (χ0n) is 10.3. The van der Waals surface area contributed by atoms with Crippen molar-refractivity contribution >= 4 is 11.8 Å². The third kappa shape index (κ3) is 2.71. The summed E-state index contributed by atoms with van der Waals surface area (Å²) in [6, 6.07) is 6.63. The Labute approximate surface area is 111 Å². The number of nitrogens with zero attached hydrogens (tertiary/aromatic N) is 1. The van der Waals surface area contributed by atoms with E-state index < -0.39 is 0 Å². The Morgan fingerprint density at radius 1 is 1.28 bits per heavy atom. The molecule has 1 N–H and O–H groups in total. The lowest BCUT2D eigenvalue weighted by Crippen LogP contribution is -2.63. The van der Waals surface area contributed by atoms with Gasteiger partial charge in [0.05, 0.1) is 5.60 Å². The summed E-state index contributed by atoms with van der Waals surface area (Å²) in [4.78, 5) is 3.41. The van der Waals surface area contributed by atoms with Gasteiger partial charge >= 0.3 is 0 Å². The lowest BCUT2D eigenvalue weighted by Gasteiger charge is -2.47. The maximum absolute atomic E-state index is 12.7. The van der Waals surface area contributed by atoms with Crippen molar-refractivity contribution in [3.63, 3.8) is 0 Å². The van der Waals surface area contributed by atoms with Crippen LogP contribution in [0.5, 0.6) is 0 Å². The summed E-state index contributed by atoms with van der Waals surface area (Å²) in [6.45, 7) is 2.67. The van der Waals surface area contributed by atoms with Crippen LogP contribution in [-0.4, -0.2) is 41.0 Å². The minimum absolute atomic E-state index is 0.184. The molecule has 98 valence electrons. The first-order valence-corrected chi connectivity index (χ1v) is 7.47. The SMILES string of the molecule is OC1(C2CC2)CN(CCSc2ccc(F)cc2)C1. The van der Waals surface area contributed by atoms with Crippen LogP contribution >= 0.6 is 11.8 Å². The molecular formula is C14H18FNOS. The number of β-amino-alcohol motifs (C(OH)–C–C–N with tert-alkyl or cyclic N) is 1. The first kappa shape index (κ1) is 12.5. The Morgan fingerprint density at radius 3 is 2.56 bits per heavy atom. The molecule has 1 aromatic rings. The van der Waals surface area contributed by atoms with E-state index in [1.165, 1.54) is 25.0 Å². The molecule has 1 heterocycles. The van der Waals surface area contributed by atoms with Gasteiger partial charge in [-0.15, -0.1) is 11.8 Å². The number of aliphatic hydroxyl groups is 1. The molecule has 0 atom stereocenters. The molecule has 2 aliphatic rings. The maximum atomic E-state index is 12.7. The standard InChI is InChI=1S/C14H18FNOS/c15-12-3-5-13(6-4-12)18-8-7-16-9-14(17,10-16)11-1-2-11/h3-6,11,17H,1-2,7-10H2. The molecule has 2 nitrogen and oxygen atoms in total. The Hall–Kier alpha value is -0.580. The van der Waals surface area contributed by atoms with Crippen molar-refractivity contribution in [1.29, 1.82) is 0 Å². The fraction of sp³-hybridized carbons (Fsp3) is 0.571. The van der Waals surface area contributed by atoms with E-state index >= 15 is 0 Å². The quantitative estimate of drug-likeness (QED) is 0.829. The Kier molecular flexibility index (Phi) is 3.34. The summed E-state index contributed by atoms with van der Waals surface area (Å²) in [5.41, 5.74) is -0.374. The van der Waals surface area contributed by atoms with E-state index in [4.69, 9.17) is 0 Å². The zero-order valence-corrected chi connectivity index (χ0v) is 11.1. The summed E-state index contributed by atoms with van der Waals surface area (Å²) >= 11 is 1.74. The molecule has 3 rings (SSSR count). The van der Waals surface area contributed by atoms with Gasteiger partial charge in [-0.25, -0.2) is 4.39 Å². The normalized spacial score (nSPS) is 22.8. The molecule has 1 aliphatic carbocycles. The average molecular weight is 267 g/mol. The fourth-order valence-electron chi connectivity index (χ4n) is 2.59. The predicted octanol–water partition coefficient (Wildman–Crippen LogP) is 2.37. The largest absolute Gasteiger partial charge is 0.387 e. The van der Waals surface area contributed by atoms with Crippen LogP contribution in [0.4, 0.5) is 4.39 Å². The molecule has 1 aliphatic heterocycles. The first-order valence-electron chi connectivity index (χ1n) is 6.49. The van der Waals surface area contributed by atoms with E-state index in [-0.39, 0.29) is 11.4 Å². The lowest BCUT2D eigenvalue weighted by molar-refractivity contribution is -0.110. The number of hydrogen-bond acceptors (Lipinski definition) is 3. The summed E-state index contributed by atoms with van der Waals surface area (Å²) in [6.07, 6.45) is 2.41. The van der Waals surface area contributed by atoms with Gasteiger partial charge in [0.1, 0.15) is 5.82 Å². The number of likely N-dealkylation sites (tertiary alicyclic amines) is 1. The number of rotatable bonds is 5. The second-order valence-corrected chi connectivity index (χ2v) is 6.56. The van der Waals surface area contributed by atoms with Crippen LogP contribution in [-0.2, 0) is 0 Å². The summed E-state index contributed by atoms with van der Waals surface area (Å²) in [5, 5.41) is 10.2. The molecule has 1 saturated heterocycles. The molecular weight excluding hydrogens is 249 g/mol. The van der Waals surface area contributed by atoms with E-state index in [1.807, 2.05) is 12.1 Å². The van der Waals surface area contributed by atoms with Crippen molar-refractivity contribution < 1.29 is 9.50 Å². The molecule has 0 aromatic heterocycles. The maximum Gasteiger partial charge on any atom is 0.123 e. The van der Waals surface area contributed by atoms with Crippen molar-refractivity contribution in [3.05, 3.63) is 30.1 Å². The molecule has 0 spiro atoms. The second-order valence-electron chi connectivity index (χ2n) is 5.39. The Bertz CT molecular complexity index is 412. The van der Waals surface area contributed by atoms with Crippen molar-refractivity contribution in [1.82, 2.24) is 4.90 Å². The highest BCUT2D eigenvalue weighted by atomic mass is 32.2. The van der Waals surface area contributed by atoms with Crippen LogP contribution in [0.15, 0.2) is 29.2 Å². The van der Waals surface area contributed by atoms with E-state index in [0.717, 1.165) is 30.3 Å². The second kappa shape index (κ2) is 4.83. The van der Waals surface area contributed by atoms with E-state index in [9.17, 15) is 9.50 Å². The van der Waals surface area contributed by atoms with E-state index in [1.54, 1.807) is 11.8 Å². The molecule has 0 bridgehead atoms. The van der Waals surface area contributed by atoms with Crippen LogP contribution in [0.25, 0.3) is 0 Å². The topological polar surface area (TPSA) is 23.5 Å². The summed E-state index contributed by atoms with van der Waals surface area (Å²) < 4.78 is 12.7. The lowest BCUT2D eigenvalue weighted by atomic mass is 9.89. The van der Waals surface area contributed by atoms with Crippen LogP contribution in [0.2, 0.25) is 0 Å². The Morgan fingerprint density at radius 2 is 1.94 bits per heavy atom. The highest BCUT2D eigenvalue weighted by molar-refractivity contribution is 7.99. The summed E-state index contributed by atoms with van der Waals surface area (Å²) in [5.74, 6) is 1.38. The van der Waals surface area contributed by atoms with Gasteiger partial charge in [-0.3, -0.25) is 4.90 Å². The van der Waals surface area contributed by atoms with Crippen molar-refractivity contribution in [3.8, 4) is 0 Å². The third-order valence-electron chi connectivity index (χ3n) is 3.82. The van der Waals surface area contributed by atoms with Crippen LogP contribution in [0, 0.1) is 11.7 Å². The first-order chi connectivity index (χ1) is 8.66. The zero-order chi connectivity index (χ0) is 12.6. The highest BCUT2D eigenvalue weighted by Gasteiger charge is 2.51. The van der Waals surface area contributed by atoms with Crippen molar-refractivity contribution in [2.24, 2.45) is 5.92 Å². The third-order valence-corrected chi connectivity index (χ3v) is 4.81. The van der Waals surface area contributed by atoms with Crippen molar-refractivity contribution in [2.45, 2.75) is 23.3 Å². The van der Waals surface area contributed by atoms with Gasteiger partial charge in [0.2, 0.25) is 0 Å². The van der Waals surface area contributed by atoms with Crippen LogP contribution in [0.1, 0.15) is 12.8 Å².